The van der Waals surface area contributed by atoms with Crippen molar-refractivity contribution in [3.8, 4) is 5.75 Å². The maximum atomic E-state index is 13.0. The van der Waals surface area contributed by atoms with Crippen LogP contribution in [0.5, 0.6) is 5.75 Å². The SMILES string of the molecule is COCCOc1ccc(C(F)(F)F)cc1NC(=O)c1ccc(CSC)cc1. The average Bonchev–Trinajstić information content (AvgIpc) is 2.63. The van der Waals surface area contributed by atoms with Crippen molar-refractivity contribution >= 4 is 23.4 Å². The zero-order valence-corrected chi connectivity index (χ0v) is 15.7. The van der Waals surface area contributed by atoms with Gasteiger partial charge in [0, 0.05) is 18.4 Å². The number of amides is 1. The highest BCUT2D eigenvalue weighted by Gasteiger charge is 2.31. The van der Waals surface area contributed by atoms with Gasteiger partial charge in [0.05, 0.1) is 17.9 Å². The molecule has 0 aliphatic carbocycles. The number of carbonyl (C=O) groups excluding carboxylic acids is 1. The van der Waals surface area contributed by atoms with Crippen molar-refractivity contribution in [1.29, 1.82) is 0 Å². The zero-order chi connectivity index (χ0) is 19.9. The fourth-order valence-corrected chi connectivity index (χ4v) is 2.80. The summed E-state index contributed by atoms with van der Waals surface area (Å²) < 4.78 is 49.3. The number of rotatable bonds is 8. The Labute approximate surface area is 160 Å². The number of hydrogen-bond donors (Lipinski definition) is 1. The molecule has 0 saturated carbocycles. The highest BCUT2D eigenvalue weighted by molar-refractivity contribution is 7.97. The van der Waals surface area contributed by atoms with Gasteiger partial charge in [-0.15, -0.1) is 0 Å². The van der Waals surface area contributed by atoms with Gasteiger partial charge in [0.1, 0.15) is 12.4 Å². The van der Waals surface area contributed by atoms with Crippen LogP contribution in [0.1, 0.15) is 21.5 Å². The molecule has 0 heterocycles. The molecule has 0 saturated heterocycles. The molecule has 0 radical (unpaired) electrons. The molecule has 2 aromatic carbocycles. The number of thioether (sulfide) groups is 1. The molecule has 2 rings (SSSR count). The van der Waals surface area contributed by atoms with Gasteiger partial charge in [-0.05, 0) is 42.2 Å². The van der Waals surface area contributed by atoms with Gasteiger partial charge in [-0.2, -0.15) is 24.9 Å². The monoisotopic (exact) mass is 399 g/mol. The number of ether oxygens (including phenoxy) is 2. The summed E-state index contributed by atoms with van der Waals surface area (Å²) in [4.78, 5) is 12.4. The van der Waals surface area contributed by atoms with E-state index in [0.717, 1.165) is 23.4 Å². The Hall–Kier alpha value is -2.19. The Morgan fingerprint density at radius 1 is 1.11 bits per heavy atom. The highest BCUT2D eigenvalue weighted by atomic mass is 32.2. The predicted molar refractivity (Wildman–Crippen MR) is 100 cm³/mol. The number of carbonyl (C=O) groups is 1. The molecule has 0 fully saturated rings. The lowest BCUT2D eigenvalue weighted by atomic mass is 10.1. The van der Waals surface area contributed by atoms with Gasteiger partial charge >= 0.3 is 6.18 Å². The molecular weight excluding hydrogens is 379 g/mol. The molecule has 1 N–H and O–H groups in total. The van der Waals surface area contributed by atoms with E-state index in [1.807, 2.05) is 18.4 Å². The van der Waals surface area contributed by atoms with E-state index in [1.54, 1.807) is 23.9 Å². The molecule has 0 aliphatic rings. The van der Waals surface area contributed by atoms with Crippen molar-refractivity contribution in [2.75, 3.05) is 31.9 Å². The van der Waals surface area contributed by atoms with Gasteiger partial charge in [-0.1, -0.05) is 12.1 Å². The Balaban J connectivity index is 2.23. The number of methoxy groups -OCH3 is 1. The molecule has 0 aliphatic heterocycles. The van der Waals surface area contributed by atoms with Crippen LogP contribution >= 0.6 is 11.8 Å². The number of anilines is 1. The molecule has 0 spiro atoms. The number of halogens is 3. The molecule has 27 heavy (non-hydrogen) atoms. The second-order valence-electron chi connectivity index (χ2n) is 5.63. The van der Waals surface area contributed by atoms with Crippen LogP contribution in [0.2, 0.25) is 0 Å². The number of alkyl halides is 3. The number of benzene rings is 2. The normalized spacial score (nSPS) is 11.3. The van der Waals surface area contributed by atoms with Gasteiger partial charge in [-0.25, -0.2) is 0 Å². The van der Waals surface area contributed by atoms with Crippen molar-refractivity contribution in [1.82, 2.24) is 0 Å². The second kappa shape index (κ2) is 9.66. The van der Waals surface area contributed by atoms with E-state index in [0.29, 0.717) is 5.56 Å². The third kappa shape index (κ3) is 6.18. The largest absolute Gasteiger partial charge is 0.489 e. The van der Waals surface area contributed by atoms with Crippen molar-refractivity contribution in [3.63, 3.8) is 0 Å². The van der Waals surface area contributed by atoms with E-state index in [9.17, 15) is 18.0 Å². The standard InChI is InChI=1S/C19H20F3NO3S/c1-25-9-10-26-17-8-7-15(19(20,21)22)11-16(17)23-18(24)14-5-3-13(4-6-14)12-27-2/h3-8,11H,9-10,12H2,1-2H3,(H,23,24). The third-order valence-corrected chi connectivity index (χ3v) is 4.25. The van der Waals surface area contributed by atoms with Gasteiger partial charge in [0.2, 0.25) is 0 Å². The molecule has 2 aromatic rings. The Bertz CT molecular complexity index is 764. The van der Waals surface area contributed by atoms with E-state index in [-0.39, 0.29) is 24.7 Å². The first-order valence-electron chi connectivity index (χ1n) is 8.07. The van der Waals surface area contributed by atoms with Crippen molar-refractivity contribution in [2.24, 2.45) is 0 Å². The molecule has 0 unspecified atom stereocenters. The second-order valence-corrected chi connectivity index (χ2v) is 6.50. The summed E-state index contributed by atoms with van der Waals surface area (Å²) in [5, 5.41) is 2.51. The van der Waals surface area contributed by atoms with Crippen molar-refractivity contribution in [3.05, 3.63) is 59.2 Å². The lowest BCUT2D eigenvalue weighted by molar-refractivity contribution is -0.137. The van der Waals surface area contributed by atoms with E-state index in [4.69, 9.17) is 9.47 Å². The molecule has 8 heteroatoms. The van der Waals surface area contributed by atoms with Gasteiger partial charge in [-0.3, -0.25) is 4.79 Å². The van der Waals surface area contributed by atoms with Gasteiger partial charge in [0.25, 0.3) is 5.91 Å². The Morgan fingerprint density at radius 2 is 1.81 bits per heavy atom. The van der Waals surface area contributed by atoms with Crippen LogP contribution < -0.4 is 10.1 Å². The summed E-state index contributed by atoms with van der Waals surface area (Å²) in [7, 11) is 1.49. The first-order valence-corrected chi connectivity index (χ1v) is 9.46. The summed E-state index contributed by atoms with van der Waals surface area (Å²) in [5.74, 6) is 0.446. The maximum Gasteiger partial charge on any atom is 0.416 e. The minimum atomic E-state index is -4.52. The lowest BCUT2D eigenvalue weighted by Crippen LogP contribution is -2.15. The number of hydrogen-bond acceptors (Lipinski definition) is 4. The van der Waals surface area contributed by atoms with E-state index >= 15 is 0 Å². The van der Waals surface area contributed by atoms with Crippen LogP contribution in [0, 0.1) is 0 Å². The van der Waals surface area contributed by atoms with Crippen LogP contribution in [0.3, 0.4) is 0 Å². The molecule has 4 nitrogen and oxygen atoms in total. The molecule has 0 aromatic heterocycles. The van der Waals surface area contributed by atoms with E-state index in [2.05, 4.69) is 5.32 Å². The first kappa shape index (κ1) is 21.1. The van der Waals surface area contributed by atoms with Crippen LogP contribution in [0.4, 0.5) is 18.9 Å². The molecular formula is C19H20F3NO3S. The van der Waals surface area contributed by atoms with Crippen LogP contribution in [-0.2, 0) is 16.7 Å². The minimum Gasteiger partial charge on any atom is -0.489 e. The lowest BCUT2D eigenvalue weighted by Gasteiger charge is -2.15. The third-order valence-electron chi connectivity index (χ3n) is 3.63. The quantitative estimate of drug-likeness (QED) is 0.645. The summed E-state index contributed by atoms with van der Waals surface area (Å²) in [6, 6.07) is 9.87. The summed E-state index contributed by atoms with van der Waals surface area (Å²) >= 11 is 1.65. The highest BCUT2D eigenvalue weighted by Crippen LogP contribution is 2.35. The summed E-state index contributed by atoms with van der Waals surface area (Å²) in [6.07, 6.45) is -2.55. The Morgan fingerprint density at radius 3 is 2.41 bits per heavy atom. The van der Waals surface area contributed by atoms with Gasteiger partial charge in [0.15, 0.2) is 0 Å². The average molecular weight is 399 g/mol. The van der Waals surface area contributed by atoms with Gasteiger partial charge < -0.3 is 14.8 Å². The predicted octanol–water partition coefficient (Wildman–Crippen LogP) is 4.85. The smallest absolute Gasteiger partial charge is 0.416 e. The van der Waals surface area contributed by atoms with Crippen molar-refractivity contribution in [2.45, 2.75) is 11.9 Å². The van der Waals surface area contributed by atoms with Crippen LogP contribution in [-0.4, -0.2) is 32.5 Å². The van der Waals surface area contributed by atoms with E-state index in [1.165, 1.54) is 13.2 Å². The molecule has 0 atom stereocenters. The molecule has 1 amide bonds. The van der Waals surface area contributed by atoms with Crippen LogP contribution in [0.25, 0.3) is 0 Å². The zero-order valence-electron chi connectivity index (χ0n) is 14.9. The first-order chi connectivity index (χ1) is 12.8. The van der Waals surface area contributed by atoms with E-state index < -0.39 is 17.6 Å². The molecule has 146 valence electrons. The Kier molecular flexibility index (Phi) is 7.55. The molecule has 0 bridgehead atoms. The number of nitrogens with one attached hydrogen (secondary N) is 1. The van der Waals surface area contributed by atoms with Crippen LogP contribution in [0.15, 0.2) is 42.5 Å². The minimum absolute atomic E-state index is 0.0425. The topological polar surface area (TPSA) is 47.6 Å². The fraction of sp³-hybridized carbons (Fsp3) is 0.316. The summed E-state index contributed by atoms with van der Waals surface area (Å²) in [6.45, 7) is 0.416. The fourth-order valence-electron chi connectivity index (χ4n) is 2.28. The van der Waals surface area contributed by atoms with Crippen molar-refractivity contribution < 1.29 is 27.4 Å². The maximum absolute atomic E-state index is 13.0. The summed E-state index contributed by atoms with van der Waals surface area (Å²) in [5.41, 5.74) is 0.494.